The van der Waals surface area contributed by atoms with Crippen molar-refractivity contribution in [3.63, 3.8) is 0 Å². The van der Waals surface area contributed by atoms with Gasteiger partial charge in [-0.15, -0.1) is 0 Å². The summed E-state index contributed by atoms with van der Waals surface area (Å²) in [5, 5.41) is 11.3. The molecule has 0 saturated carbocycles. The van der Waals surface area contributed by atoms with E-state index in [1.54, 1.807) is 24.3 Å². The van der Waals surface area contributed by atoms with E-state index in [1.165, 1.54) is 22.4 Å². The molecule has 1 aromatic heterocycles. The lowest BCUT2D eigenvalue weighted by Crippen LogP contribution is -2.29. The maximum atomic E-state index is 13.1. The molecule has 2 heterocycles. The summed E-state index contributed by atoms with van der Waals surface area (Å²) >= 11 is 0. The lowest BCUT2D eigenvalue weighted by molar-refractivity contribution is -0.132. The number of para-hydroxylation sites is 1. The van der Waals surface area contributed by atoms with Crippen molar-refractivity contribution in [1.82, 2.24) is 0 Å². The van der Waals surface area contributed by atoms with Crippen LogP contribution in [0, 0.1) is 6.92 Å². The van der Waals surface area contributed by atoms with Crippen LogP contribution in [0.1, 0.15) is 47.1 Å². The molecule has 5 rings (SSSR count). The molecule has 1 atom stereocenters. The van der Waals surface area contributed by atoms with Crippen LogP contribution < -0.4 is 4.90 Å². The first-order chi connectivity index (χ1) is 15.0. The van der Waals surface area contributed by atoms with E-state index in [9.17, 15) is 14.7 Å². The van der Waals surface area contributed by atoms with Crippen LogP contribution in [-0.4, -0.2) is 16.8 Å². The number of carbonyl (C=O) groups excluding carboxylic acids is 2. The van der Waals surface area contributed by atoms with Gasteiger partial charge in [0.15, 0.2) is 0 Å². The molecule has 31 heavy (non-hydrogen) atoms. The standard InChI is InChI=1S/C26H23NO4/c1-16-11-14-21(31-16)23-22(25(29)26(30)27(23)20-9-3-2-4-10-20)24(28)19-13-12-17-7-5-6-8-18(17)15-19/h2-4,9-15,23,28H,5-8H2,1H3/b24-22-. The van der Waals surface area contributed by atoms with Crippen LogP contribution in [0.3, 0.4) is 0 Å². The fraction of sp³-hybridized carbons (Fsp3) is 0.231. The highest BCUT2D eigenvalue weighted by Gasteiger charge is 2.48. The first-order valence-electron chi connectivity index (χ1n) is 10.6. The number of hydrogen-bond donors (Lipinski definition) is 1. The molecule has 2 aromatic carbocycles. The van der Waals surface area contributed by atoms with Gasteiger partial charge in [0.2, 0.25) is 0 Å². The smallest absolute Gasteiger partial charge is 0.300 e. The Balaban J connectivity index is 1.68. The van der Waals surface area contributed by atoms with Gasteiger partial charge in [0.05, 0.1) is 5.57 Å². The van der Waals surface area contributed by atoms with Crippen LogP contribution >= 0.6 is 0 Å². The molecule has 1 saturated heterocycles. The van der Waals surface area contributed by atoms with E-state index in [4.69, 9.17) is 4.42 Å². The van der Waals surface area contributed by atoms with Crippen LogP contribution in [0.5, 0.6) is 0 Å². The summed E-state index contributed by atoms with van der Waals surface area (Å²) in [4.78, 5) is 27.6. The Morgan fingerprint density at radius 3 is 2.42 bits per heavy atom. The number of aliphatic hydroxyl groups is 1. The Morgan fingerprint density at radius 2 is 1.71 bits per heavy atom. The lowest BCUT2D eigenvalue weighted by Gasteiger charge is -2.23. The molecule has 1 amide bonds. The molecule has 5 heteroatoms. The highest BCUT2D eigenvalue weighted by atomic mass is 16.3. The number of aliphatic hydroxyl groups excluding tert-OH is 1. The number of anilines is 1. The first-order valence-corrected chi connectivity index (χ1v) is 10.6. The maximum Gasteiger partial charge on any atom is 0.300 e. The van der Waals surface area contributed by atoms with Gasteiger partial charge in [-0.1, -0.05) is 30.3 Å². The second kappa shape index (κ2) is 7.58. The van der Waals surface area contributed by atoms with E-state index in [0.717, 1.165) is 19.3 Å². The van der Waals surface area contributed by atoms with Crippen LogP contribution in [0.15, 0.2) is 70.7 Å². The molecule has 3 aromatic rings. The number of hydrogen-bond acceptors (Lipinski definition) is 4. The van der Waals surface area contributed by atoms with Crippen molar-refractivity contribution in [2.24, 2.45) is 0 Å². The summed E-state index contributed by atoms with van der Waals surface area (Å²) in [7, 11) is 0. The van der Waals surface area contributed by atoms with E-state index in [-0.39, 0.29) is 11.3 Å². The first kappa shape index (κ1) is 19.4. The molecule has 0 spiro atoms. The Kier molecular flexibility index (Phi) is 4.74. The van der Waals surface area contributed by atoms with E-state index < -0.39 is 17.7 Å². The number of furan rings is 1. The van der Waals surface area contributed by atoms with Crippen molar-refractivity contribution in [1.29, 1.82) is 0 Å². The van der Waals surface area contributed by atoms with E-state index in [0.29, 0.717) is 22.8 Å². The molecule has 1 unspecified atom stereocenters. The number of aryl methyl sites for hydroxylation is 3. The normalized spacial score (nSPS) is 20.2. The van der Waals surface area contributed by atoms with Crippen LogP contribution in [0.2, 0.25) is 0 Å². The van der Waals surface area contributed by atoms with E-state index in [1.807, 2.05) is 43.3 Å². The highest BCUT2D eigenvalue weighted by Crippen LogP contribution is 2.42. The SMILES string of the molecule is Cc1ccc(C2/C(=C(/O)c3ccc4c(c3)CCCC4)C(=O)C(=O)N2c2ccccc2)o1. The largest absolute Gasteiger partial charge is 0.507 e. The third-order valence-corrected chi connectivity index (χ3v) is 6.13. The van der Waals surface area contributed by atoms with Gasteiger partial charge in [-0.3, -0.25) is 14.5 Å². The topological polar surface area (TPSA) is 70.8 Å². The number of nitrogens with zero attached hydrogens (tertiary/aromatic N) is 1. The average Bonchev–Trinajstić information content (AvgIpc) is 3.34. The van der Waals surface area contributed by atoms with Crippen molar-refractivity contribution in [3.8, 4) is 0 Å². The predicted molar refractivity (Wildman–Crippen MR) is 118 cm³/mol. The number of benzene rings is 2. The fourth-order valence-electron chi connectivity index (χ4n) is 4.59. The average molecular weight is 413 g/mol. The van der Waals surface area contributed by atoms with Gasteiger partial charge in [0, 0.05) is 11.3 Å². The molecule has 0 radical (unpaired) electrons. The second-order valence-corrected chi connectivity index (χ2v) is 8.14. The Labute approximate surface area is 180 Å². The molecular weight excluding hydrogens is 390 g/mol. The minimum Gasteiger partial charge on any atom is -0.507 e. The molecule has 1 N–H and O–H groups in total. The van der Waals surface area contributed by atoms with Gasteiger partial charge >= 0.3 is 0 Å². The van der Waals surface area contributed by atoms with Crippen molar-refractivity contribution >= 4 is 23.1 Å². The van der Waals surface area contributed by atoms with Crippen LogP contribution in [-0.2, 0) is 22.4 Å². The number of ketones is 1. The zero-order valence-electron chi connectivity index (χ0n) is 17.3. The van der Waals surface area contributed by atoms with Gasteiger partial charge in [-0.05, 0) is 74.1 Å². The number of fused-ring (bicyclic) bond motifs is 1. The van der Waals surface area contributed by atoms with Crippen molar-refractivity contribution in [3.05, 3.63) is 94.4 Å². The summed E-state index contributed by atoms with van der Waals surface area (Å²) in [6.07, 6.45) is 4.26. The third-order valence-electron chi connectivity index (χ3n) is 6.13. The summed E-state index contributed by atoms with van der Waals surface area (Å²) < 4.78 is 5.83. The highest BCUT2D eigenvalue weighted by molar-refractivity contribution is 6.51. The van der Waals surface area contributed by atoms with Gasteiger partial charge < -0.3 is 9.52 Å². The maximum absolute atomic E-state index is 13.1. The van der Waals surface area contributed by atoms with Crippen molar-refractivity contribution < 1.29 is 19.1 Å². The minimum absolute atomic E-state index is 0.0546. The predicted octanol–water partition coefficient (Wildman–Crippen LogP) is 5.09. The summed E-state index contributed by atoms with van der Waals surface area (Å²) in [5.41, 5.74) is 3.66. The molecule has 5 nitrogen and oxygen atoms in total. The Morgan fingerprint density at radius 1 is 0.968 bits per heavy atom. The molecule has 1 aliphatic carbocycles. The van der Waals surface area contributed by atoms with Gasteiger partial charge in [-0.25, -0.2) is 0 Å². The van der Waals surface area contributed by atoms with E-state index >= 15 is 0 Å². The summed E-state index contributed by atoms with van der Waals surface area (Å²) in [5.74, 6) is -0.436. The third kappa shape index (κ3) is 3.26. The zero-order chi connectivity index (χ0) is 21.5. The number of Topliss-reactive ketones (excluding diaryl/α,β-unsaturated/α-hetero) is 1. The lowest BCUT2D eigenvalue weighted by atomic mass is 9.89. The van der Waals surface area contributed by atoms with Gasteiger partial charge in [0.1, 0.15) is 23.3 Å². The minimum atomic E-state index is -0.827. The van der Waals surface area contributed by atoms with Gasteiger partial charge in [-0.2, -0.15) is 0 Å². The van der Waals surface area contributed by atoms with Crippen molar-refractivity contribution in [2.75, 3.05) is 4.90 Å². The number of carbonyl (C=O) groups is 2. The number of amides is 1. The van der Waals surface area contributed by atoms with E-state index in [2.05, 4.69) is 0 Å². The monoisotopic (exact) mass is 413 g/mol. The second-order valence-electron chi connectivity index (χ2n) is 8.14. The Bertz CT molecular complexity index is 1210. The fourth-order valence-corrected chi connectivity index (χ4v) is 4.59. The van der Waals surface area contributed by atoms with Crippen LogP contribution in [0.25, 0.3) is 5.76 Å². The Hall–Kier alpha value is -3.60. The molecular formula is C26H23NO4. The molecule has 1 fully saturated rings. The van der Waals surface area contributed by atoms with Crippen LogP contribution in [0.4, 0.5) is 5.69 Å². The molecule has 0 bridgehead atoms. The molecule has 156 valence electrons. The summed E-state index contributed by atoms with van der Waals surface area (Å²) in [6, 6.07) is 17.5. The van der Waals surface area contributed by atoms with Crippen molar-refractivity contribution in [2.45, 2.75) is 38.6 Å². The molecule has 1 aliphatic heterocycles. The summed E-state index contributed by atoms with van der Waals surface area (Å²) in [6.45, 7) is 1.81. The quantitative estimate of drug-likeness (QED) is 0.369. The number of rotatable bonds is 3. The zero-order valence-corrected chi connectivity index (χ0v) is 17.3. The van der Waals surface area contributed by atoms with Gasteiger partial charge in [0.25, 0.3) is 11.7 Å². The molecule has 2 aliphatic rings.